The molecule has 1 saturated carbocycles. The highest BCUT2D eigenvalue weighted by Crippen LogP contribution is 2.31. The second-order valence-corrected chi connectivity index (χ2v) is 6.96. The number of aromatic amines is 1. The van der Waals surface area contributed by atoms with E-state index < -0.39 is 10.0 Å². The summed E-state index contributed by atoms with van der Waals surface area (Å²) in [6.45, 7) is 2.83. The van der Waals surface area contributed by atoms with Gasteiger partial charge in [-0.25, -0.2) is 8.42 Å². The average molecular weight is 296 g/mol. The van der Waals surface area contributed by atoms with Crippen LogP contribution in [-0.2, 0) is 16.6 Å². The first-order valence-electron chi connectivity index (χ1n) is 6.62. The smallest absolute Gasteiger partial charge is 0.263 e. The van der Waals surface area contributed by atoms with E-state index in [-0.39, 0.29) is 11.6 Å². The number of hydrogen-bond acceptors (Lipinski definition) is 4. The molecule has 0 bridgehead atoms. The number of aromatic nitrogens is 2. The van der Waals surface area contributed by atoms with Crippen molar-refractivity contribution in [2.24, 2.45) is 5.92 Å². The van der Waals surface area contributed by atoms with Gasteiger partial charge in [-0.1, -0.05) is 5.92 Å². The minimum Gasteiger partial charge on any atom is -0.316 e. The van der Waals surface area contributed by atoms with Crippen LogP contribution in [-0.4, -0.2) is 43.1 Å². The standard InChI is InChI=1S/C13H20N4O2S/c1-4-7-17(9-11-5-6-11)20(18,19)13-12(8-14-3)10(2)15-16-13/h1,11,14H,5-9H2,2-3H3,(H,15,16). The predicted octanol–water partition coefficient (Wildman–Crippen LogP) is 0.471. The summed E-state index contributed by atoms with van der Waals surface area (Å²) in [4.78, 5) is 0. The summed E-state index contributed by atoms with van der Waals surface area (Å²) in [7, 11) is -1.87. The third kappa shape index (κ3) is 3.03. The van der Waals surface area contributed by atoms with Gasteiger partial charge < -0.3 is 5.32 Å². The molecular formula is C13H20N4O2S. The van der Waals surface area contributed by atoms with Crippen molar-refractivity contribution < 1.29 is 8.42 Å². The van der Waals surface area contributed by atoms with Crippen LogP contribution in [0.25, 0.3) is 0 Å². The maximum absolute atomic E-state index is 12.7. The minimum atomic E-state index is -3.64. The van der Waals surface area contributed by atoms with E-state index in [4.69, 9.17) is 6.42 Å². The van der Waals surface area contributed by atoms with Crippen molar-refractivity contribution >= 4 is 10.0 Å². The number of H-pyrrole nitrogens is 1. The largest absolute Gasteiger partial charge is 0.316 e. The Hall–Kier alpha value is -1.36. The molecule has 1 fully saturated rings. The molecule has 1 aromatic rings. The molecule has 2 rings (SSSR count). The van der Waals surface area contributed by atoms with Crippen LogP contribution in [0.1, 0.15) is 24.1 Å². The van der Waals surface area contributed by atoms with Crippen LogP contribution in [0, 0.1) is 25.2 Å². The molecule has 1 aliphatic rings. The van der Waals surface area contributed by atoms with E-state index in [1.165, 1.54) is 4.31 Å². The van der Waals surface area contributed by atoms with Gasteiger partial charge in [-0.05, 0) is 32.7 Å². The first-order valence-corrected chi connectivity index (χ1v) is 8.06. The van der Waals surface area contributed by atoms with Gasteiger partial charge in [0.25, 0.3) is 10.0 Å². The molecule has 7 heteroatoms. The van der Waals surface area contributed by atoms with Crippen LogP contribution in [0.4, 0.5) is 0 Å². The minimum absolute atomic E-state index is 0.0836. The Balaban J connectivity index is 2.34. The third-order valence-electron chi connectivity index (χ3n) is 3.40. The van der Waals surface area contributed by atoms with Crippen LogP contribution in [0.2, 0.25) is 0 Å². The lowest BCUT2D eigenvalue weighted by atomic mass is 10.3. The lowest BCUT2D eigenvalue weighted by Crippen LogP contribution is -2.34. The molecule has 2 N–H and O–H groups in total. The van der Waals surface area contributed by atoms with Gasteiger partial charge in [0.05, 0.1) is 6.54 Å². The molecule has 6 nitrogen and oxygen atoms in total. The fourth-order valence-electron chi connectivity index (χ4n) is 2.09. The van der Waals surface area contributed by atoms with Crippen molar-refractivity contribution in [2.75, 3.05) is 20.1 Å². The Kier molecular flexibility index (Phi) is 4.48. The number of rotatable bonds is 7. The van der Waals surface area contributed by atoms with E-state index >= 15 is 0 Å². The summed E-state index contributed by atoms with van der Waals surface area (Å²) in [5, 5.41) is 9.77. The lowest BCUT2D eigenvalue weighted by molar-refractivity contribution is 0.427. The maximum atomic E-state index is 12.7. The van der Waals surface area contributed by atoms with E-state index in [9.17, 15) is 8.42 Å². The fourth-order valence-corrected chi connectivity index (χ4v) is 3.68. The number of nitrogens with zero attached hydrogens (tertiary/aromatic N) is 2. The van der Waals surface area contributed by atoms with Crippen molar-refractivity contribution in [1.82, 2.24) is 19.8 Å². The van der Waals surface area contributed by atoms with Crippen molar-refractivity contribution in [2.45, 2.75) is 31.3 Å². The molecule has 0 unspecified atom stereocenters. The first kappa shape index (κ1) is 15.0. The highest BCUT2D eigenvalue weighted by molar-refractivity contribution is 7.89. The Bertz CT molecular complexity index is 611. The van der Waals surface area contributed by atoms with E-state index in [1.54, 1.807) is 7.05 Å². The first-order chi connectivity index (χ1) is 9.50. The van der Waals surface area contributed by atoms with Gasteiger partial charge in [-0.15, -0.1) is 6.42 Å². The zero-order chi connectivity index (χ0) is 14.8. The lowest BCUT2D eigenvalue weighted by Gasteiger charge is -2.19. The molecule has 110 valence electrons. The van der Waals surface area contributed by atoms with Gasteiger partial charge in [0.15, 0.2) is 5.03 Å². The number of nitrogens with one attached hydrogen (secondary N) is 2. The zero-order valence-electron chi connectivity index (χ0n) is 11.8. The van der Waals surface area contributed by atoms with Crippen LogP contribution in [0.5, 0.6) is 0 Å². The third-order valence-corrected chi connectivity index (χ3v) is 5.18. The average Bonchev–Trinajstić information content (AvgIpc) is 3.14. The zero-order valence-corrected chi connectivity index (χ0v) is 12.6. The Labute approximate surface area is 120 Å². The molecule has 0 aliphatic heterocycles. The number of hydrogen-bond donors (Lipinski definition) is 2. The van der Waals surface area contributed by atoms with Gasteiger partial charge in [0, 0.05) is 24.3 Å². The van der Waals surface area contributed by atoms with Gasteiger partial charge in [0.2, 0.25) is 0 Å². The Morgan fingerprint density at radius 3 is 2.80 bits per heavy atom. The molecule has 0 spiro atoms. The fraction of sp³-hybridized carbons (Fsp3) is 0.615. The van der Waals surface area contributed by atoms with Crippen molar-refractivity contribution in [1.29, 1.82) is 0 Å². The summed E-state index contributed by atoms with van der Waals surface area (Å²) in [6.07, 6.45) is 7.44. The van der Waals surface area contributed by atoms with E-state index in [1.807, 2.05) is 6.92 Å². The predicted molar refractivity (Wildman–Crippen MR) is 76.4 cm³/mol. The van der Waals surface area contributed by atoms with E-state index in [0.29, 0.717) is 24.6 Å². The number of aryl methyl sites for hydroxylation is 1. The summed E-state index contributed by atoms with van der Waals surface area (Å²) in [6, 6.07) is 0. The topological polar surface area (TPSA) is 78.1 Å². The molecule has 0 saturated heterocycles. The molecular weight excluding hydrogens is 276 g/mol. The summed E-state index contributed by atoms with van der Waals surface area (Å²) < 4.78 is 26.8. The molecule has 0 aromatic carbocycles. The number of terminal acetylenes is 1. The summed E-state index contributed by atoms with van der Waals surface area (Å²) in [5.74, 6) is 2.86. The van der Waals surface area contributed by atoms with Crippen molar-refractivity contribution in [3.63, 3.8) is 0 Å². The van der Waals surface area contributed by atoms with Gasteiger partial charge in [-0.3, -0.25) is 5.10 Å². The Morgan fingerprint density at radius 2 is 2.25 bits per heavy atom. The molecule has 0 radical (unpaired) electrons. The summed E-state index contributed by atoms with van der Waals surface area (Å²) in [5.41, 5.74) is 1.43. The molecule has 0 atom stereocenters. The van der Waals surface area contributed by atoms with Crippen LogP contribution in [0.15, 0.2) is 5.03 Å². The second kappa shape index (κ2) is 5.95. The van der Waals surface area contributed by atoms with Crippen LogP contribution < -0.4 is 5.32 Å². The second-order valence-electron chi connectivity index (χ2n) is 5.11. The van der Waals surface area contributed by atoms with Gasteiger partial charge >= 0.3 is 0 Å². The maximum Gasteiger partial charge on any atom is 0.263 e. The van der Waals surface area contributed by atoms with Crippen molar-refractivity contribution in [3.8, 4) is 12.3 Å². The molecule has 1 heterocycles. The summed E-state index contributed by atoms with van der Waals surface area (Å²) >= 11 is 0. The number of sulfonamides is 1. The molecule has 1 aromatic heterocycles. The van der Waals surface area contributed by atoms with Crippen LogP contribution in [0.3, 0.4) is 0 Å². The molecule has 1 aliphatic carbocycles. The molecule has 20 heavy (non-hydrogen) atoms. The highest BCUT2D eigenvalue weighted by atomic mass is 32.2. The monoisotopic (exact) mass is 296 g/mol. The van der Waals surface area contributed by atoms with E-state index in [2.05, 4.69) is 21.4 Å². The SMILES string of the molecule is C#CCN(CC1CC1)S(=O)(=O)c1n[nH]c(C)c1CNC. The normalized spacial score (nSPS) is 15.5. The molecule has 0 amide bonds. The highest BCUT2D eigenvalue weighted by Gasteiger charge is 2.34. The Morgan fingerprint density at radius 1 is 1.55 bits per heavy atom. The van der Waals surface area contributed by atoms with Gasteiger partial charge in [-0.2, -0.15) is 9.40 Å². The van der Waals surface area contributed by atoms with Crippen LogP contribution >= 0.6 is 0 Å². The van der Waals surface area contributed by atoms with Crippen molar-refractivity contribution in [3.05, 3.63) is 11.3 Å². The quantitative estimate of drug-likeness (QED) is 0.717. The van der Waals surface area contributed by atoms with Gasteiger partial charge in [0.1, 0.15) is 0 Å². The van der Waals surface area contributed by atoms with E-state index in [0.717, 1.165) is 18.5 Å².